The van der Waals surface area contributed by atoms with Crippen molar-refractivity contribution in [3.63, 3.8) is 0 Å². The van der Waals surface area contributed by atoms with Gasteiger partial charge in [0.05, 0.1) is 25.2 Å². The van der Waals surface area contributed by atoms with Gasteiger partial charge in [0, 0.05) is 93.9 Å². The van der Waals surface area contributed by atoms with Crippen molar-refractivity contribution >= 4 is 88.6 Å². The molecule has 5 heterocycles. The number of pyridine rings is 1. The number of sulfonamides is 2. The van der Waals surface area contributed by atoms with Crippen LogP contribution in [0.4, 0.5) is 0 Å². The Bertz CT molecular complexity index is 3210. The zero-order chi connectivity index (χ0) is 52.8. The summed E-state index contributed by atoms with van der Waals surface area (Å²) in [5, 5.41) is 15.1. The largest absolute Gasteiger partial charge is 0.494 e. The summed E-state index contributed by atoms with van der Waals surface area (Å²) >= 11 is 14.1. The SMILES string of the molecule is CCCCOc1ccc(CNC2CCN(S(=O)(=O)c3ccc(CNC(=O)c4ccc(Cl)cc4)s3)CC2)cc1.O=C(NCc1ccc(S(=O)(=O)N2CCC(NCc3ccnc4ccccc34)CC2)s1)c1ccc(Cl)cc1. The minimum Gasteiger partial charge on any atom is -0.494 e. The topological polar surface area (TPSA) is 179 Å². The first-order valence-electron chi connectivity index (χ1n) is 25.0. The summed E-state index contributed by atoms with van der Waals surface area (Å²) in [6.07, 6.45) is 7.00. The number of carbonyl (C=O) groups excluding carboxylic acids is 2. The molecule has 4 N–H and O–H groups in total. The molecule has 2 saturated heterocycles. The van der Waals surface area contributed by atoms with Crippen molar-refractivity contribution in [1.29, 1.82) is 0 Å². The van der Waals surface area contributed by atoms with E-state index in [4.69, 9.17) is 27.9 Å². The van der Waals surface area contributed by atoms with Crippen LogP contribution in [0.1, 0.15) is 87.0 Å². The molecule has 396 valence electrons. The van der Waals surface area contributed by atoms with Crippen LogP contribution in [0.5, 0.6) is 5.75 Å². The fourth-order valence-corrected chi connectivity index (χ4v) is 14.7. The van der Waals surface area contributed by atoms with Crippen molar-refractivity contribution < 1.29 is 31.2 Å². The van der Waals surface area contributed by atoms with Gasteiger partial charge in [0.1, 0.15) is 14.2 Å². The zero-order valence-corrected chi connectivity index (χ0v) is 46.3. The number of halogens is 2. The maximum Gasteiger partial charge on any atom is 0.252 e. The monoisotopic (exact) mass is 1130 g/mol. The van der Waals surface area contributed by atoms with Gasteiger partial charge in [0.15, 0.2) is 0 Å². The van der Waals surface area contributed by atoms with Gasteiger partial charge in [0.25, 0.3) is 31.9 Å². The van der Waals surface area contributed by atoms with E-state index in [1.807, 2.05) is 42.6 Å². The summed E-state index contributed by atoms with van der Waals surface area (Å²) in [6, 6.07) is 38.8. The molecular formula is C55H61Cl2N7O7S4. The third kappa shape index (κ3) is 15.5. The minimum absolute atomic E-state index is 0.231. The van der Waals surface area contributed by atoms with Gasteiger partial charge in [-0.2, -0.15) is 8.61 Å². The first-order chi connectivity index (χ1) is 36.2. The molecule has 2 amide bonds. The van der Waals surface area contributed by atoms with Gasteiger partial charge in [-0.3, -0.25) is 14.6 Å². The van der Waals surface area contributed by atoms with E-state index in [2.05, 4.69) is 51.4 Å². The number of unbranched alkanes of at least 4 members (excludes halogenated alkanes) is 1. The van der Waals surface area contributed by atoms with E-state index in [1.165, 1.54) is 33.8 Å². The average Bonchev–Trinajstić information content (AvgIpc) is 4.14. The number of para-hydroxylation sites is 1. The molecule has 0 aliphatic carbocycles. The van der Waals surface area contributed by atoms with E-state index < -0.39 is 20.0 Å². The highest BCUT2D eigenvalue weighted by molar-refractivity contribution is 7.91. The molecule has 0 radical (unpaired) electrons. The molecule has 4 aromatic carbocycles. The molecule has 2 aliphatic heterocycles. The summed E-state index contributed by atoms with van der Waals surface area (Å²) in [4.78, 5) is 30.6. The Kier molecular flexibility index (Phi) is 19.9. The van der Waals surface area contributed by atoms with Gasteiger partial charge in [-0.05, 0) is 140 Å². The first-order valence-corrected chi connectivity index (χ1v) is 30.3. The number of piperidine rings is 2. The van der Waals surface area contributed by atoms with Crippen LogP contribution in [0.15, 0.2) is 142 Å². The van der Waals surface area contributed by atoms with E-state index in [0.717, 1.165) is 84.6 Å². The smallest absolute Gasteiger partial charge is 0.252 e. The van der Waals surface area contributed by atoms with E-state index in [1.54, 1.807) is 81.4 Å². The van der Waals surface area contributed by atoms with Gasteiger partial charge in [-0.15, -0.1) is 22.7 Å². The van der Waals surface area contributed by atoms with Gasteiger partial charge in [-0.1, -0.05) is 66.9 Å². The predicted octanol–water partition coefficient (Wildman–Crippen LogP) is 10.3. The lowest BCUT2D eigenvalue weighted by Gasteiger charge is -2.31. The summed E-state index contributed by atoms with van der Waals surface area (Å²) < 4.78 is 62.3. The summed E-state index contributed by atoms with van der Waals surface area (Å²) in [6.45, 7) is 6.76. The Labute approximate surface area is 457 Å². The van der Waals surface area contributed by atoms with Gasteiger partial charge in [-0.25, -0.2) is 16.8 Å². The summed E-state index contributed by atoms with van der Waals surface area (Å²) in [7, 11) is -7.13. The van der Waals surface area contributed by atoms with Gasteiger partial charge in [0.2, 0.25) is 0 Å². The fourth-order valence-electron chi connectivity index (χ4n) is 8.64. The Hall–Kier alpha value is -5.25. The lowest BCUT2D eigenvalue weighted by Crippen LogP contribution is -2.44. The van der Waals surface area contributed by atoms with E-state index in [-0.39, 0.29) is 37.0 Å². The lowest BCUT2D eigenvalue weighted by atomic mass is 10.1. The number of rotatable bonds is 20. The highest BCUT2D eigenvalue weighted by atomic mass is 35.5. The number of thiophene rings is 2. The standard InChI is InChI=1S/C28H34ClN3O4S2.C27H27ClN4O3S2/c1-2-3-18-36-25-10-4-21(5-11-25)19-30-24-14-16-32(17-15-24)38(34,35)27-13-12-26(37-27)20-31-28(33)22-6-8-23(29)9-7-22;28-21-7-5-19(6-8-21)27(33)31-18-23-9-10-26(36-23)37(34,35)32-15-12-22(13-16-32)30-17-20-11-14-29-25-4-2-1-3-24(20)25/h4-13,24,30H,2-3,14-20H2,1H3,(H,31,33);1-11,14,22,30H,12-13,15-18H2,(H,31,33). The van der Waals surface area contributed by atoms with Crippen LogP contribution in [-0.4, -0.2) is 87.1 Å². The van der Waals surface area contributed by atoms with E-state index >= 15 is 0 Å². The van der Waals surface area contributed by atoms with Crippen molar-refractivity contribution in [3.05, 3.63) is 176 Å². The normalized spacial score (nSPS) is 15.0. The summed E-state index contributed by atoms with van der Waals surface area (Å²) in [5.41, 5.74) is 4.35. The maximum absolute atomic E-state index is 13.2. The first kappa shape index (κ1) is 56.0. The number of nitrogens with zero attached hydrogens (tertiary/aromatic N) is 3. The van der Waals surface area contributed by atoms with Gasteiger partial charge >= 0.3 is 0 Å². The second-order valence-corrected chi connectivity index (χ2v) is 25.8. The average molecular weight is 1130 g/mol. The molecule has 0 saturated carbocycles. The number of benzene rings is 4. The van der Waals surface area contributed by atoms with Crippen LogP contribution in [0.25, 0.3) is 10.9 Å². The maximum atomic E-state index is 13.2. The molecule has 20 heteroatoms. The summed E-state index contributed by atoms with van der Waals surface area (Å²) in [5.74, 6) is 0.426. The van der Waals surface area contributed by atoms with Crippen LogP contribution in [0, 0.1) is 0 Å². The van der Waals surface area contributed by atoms with Gasteiger partial charge < -0.3 is 26.0 Å². The molecule has 75 heavy (non-hydrogen) atoms. The number of nitrogens with one attached hydrogen (secondary N) is 4. The van der Waals surface area contributed by atoms with Crippen molar-refractivity contribution in [2.45, 2.75) is 92.1 Å². The van der Waals surface area contributed by atoms with Crippen LogP contribution >= 0.6 is 45.9 Å². The highest BCUT2D eigenvalue weighted by Gasteiger charge is 2.32. The third-order valence-electron chi connectivity index (χ3n) is 13.0. The van der Waals surface area contributed by atoms with Crippen molar-refractivity contribution in [2.24, 2.45) is 0 Å². The molecule has 9 rings (SSSR count). The second kappa shape index (κ2) is 26.7. The van der Waals surface area contributed by atoms with Crippen LogP contribution in [-0.2, 0) is 46.2 Å². The number of fused-ring (bicyclic) bond motifs is 1. The molecular weight excluding hydrogens is 1070 g/mol. The molecule has 0 spiro atoms. The molecule has 0 unspecified atom stereocenters. The molecule has 3 aromatic heterocycles. The lowest BCUT2D eigenvalue weighted by molar-refractivity contribution is 0.0943. The third-order valence-corrected chi connectivity index (χ3v) is 20.4. The minimum atomic E-state index is -3.57. The molecule has 14 nitrogen and oxygen atoms in total. The Morgan fingerprint density at radius 2 is 1.11 bits per heavy atom. The molecule has 7 aromatic rings. The fraction of sp³-hybridized carbons (Fsp3) is 0.327. The number of hydrogen-bond acceptors (Lipinski definition) is 12. The van der Waals surface area contributed by atoms with Crippen molar-refractivity contribution in [2.75, 3.05) is 32.8 Å². The van der Waals surface area contributed by atoms with Crippen LogP contribution in [0.3, 0.4) is 0 Å². The number of ether oxygens (including phenoxy) is 1. The zero-order valence-electron chi connectivity index (χ0n) is 41.6. The number of amides is 2. The predicted molar refractivity (Wildman–Crippen MR) is 300 cm³/mol. The highest BCUT2D eigenvalue weighted by Crippen LogP contribution is 2.30. The van der Waals surface area contributed by atoms with Crippen molar-refractivity contribution in [1.82, 2.24) is 34.9 Å². The number of hydrogen-bond donors (Lipinski definition) is 4. The Morgan fingerprint density at radius 3 is 1.61 bits per heavy atom. The molecule has 0 bridgehead atoms. The van der Waals surface area contributed by atoms with E-state index in [9.17, 15) is 26.4 Å². The van der Waals surface area contributed by atoms with E-state index in [0.29, 0.717) is 55.8 Å². The Balaban J connectivity index is 0.000000199. The van der Waals surface area contributed by atoms with Crippen LogP contribution < -0.4 is 26.0 Å². The molecule has 0 atom stereocenters. The molecule has 2 fully saturated rings. The van der Waals surface area contributed by atoms with Crippen LogP contribution in [0.2, 0.25) is 10.0 Å². The van der Waals surface area contributed by atoms with Crippen molar-refractivity contribution in [3.8, 4) is 5.75 Å². The second-order valence-electron chi connectivity index (χ2n) is 18.3. The Morgan fingerprint density at radius 1 is 0.613 bits per heavy atom. The number of aromatic nitrogens is 1. The number of carbonyl (C=O) groups is 2. The molecule has 2 aliphatic rings. The quantitative estimate of drug-likeness (QED) is 0.0537.